The summed E-state index contributed by atoms with van der Waals surface area (Å²) in [6.07, 6.45) is 0.178. The molecule has 0 heterocycles. The lowest BCUT2D eigenvalue weighted by atomic mass is 10.1. The van der Waals surface area contributed by atoms with Crippen LogP contribution in [0.2, 0.25) is 5.02 Å². The minimum atomic E-state index is -0.185. The summed E-state index contributed by atoms with van der Waals surface area (Å²) in [5.41, 5.74) is 3.03. The summed E-state index contributed by atoms with van der Waals surface area (Å²) in [4.78, 5) is 26.2. The third kappa shape index (κ3) is 5.22. The van der Waals surface area contributed by atoms with Gasteiger partial charge < -0.3 is 15.5 Å². The average molecular weight is 360 g/mol. The van der Waals surface area contributed by atoms with Crippen LogP contribution in [0.25, 0.3) is 0 Å². The van der Waals surface area contributed by atoms with Gasteiger partial charge in [-0.05, 0) is 36.8 Å². The van der Waals surface area contributed by atoms with Gasteiger partial charge in [0.15, 0.2) is 0 Å². The van der Waals surface area contributed by atoms with E-state index < -0.39 is 0 Å². The molecule has 0 aromatic heterocycles. The van der Waals surface area contributed by atoms with E-state index in [9.17, 15) is 9.59 Å². The van der Waals surface area contributed by atoms with Gasteiger partial charge in [0.1, 0.15) is 0 Å². The summed E-state index contributed by atoms with van der Waals surface area (Å²) >= 11 is 6.01. The maximum atomic E-state index is 12.2. The molecule has 0 aliphatic heterocycles. The number of aryl methyl sites for hydroxylation is 1. The minimum absolute atomic E-state index is 0.178. The molecule has 2 aromatic rings. The van der Waals surface area contributed by atoms with Crippen LogP contribution in [0.5, 0.6) is 0 Å². The quantitative estimate of drug-likeness (QED) is 0.830. The number of amides is 2. The van der Waals surface area contributed by atoms with E-state index >= 15 is 0 Å². The number of hydrogen-bond donors (Lipinski definition) is 2. The van der Waals surface area contributed by atoms with Crippen molar-refractivity contribution >= 4 is 34.8 Å². The maximum Gasteiger partial charge on any atom is 0.251 e. The van der Waals surface area contributed by atoms with Gasteiger partial charge in [0.25, 0.3) is 5.91 Å². The van der Waals surface area contributed by atoms with E-state index in [4.69, 9.17) is 11.6 Å². The second-order valence-electron chi connectivity index (χ2n) is 5.92. The Morgan fingerprint density at radius 3 is 2.52 bits per heavy atom. The second kappa shape index (κ2) is 8.53. The van der Waals surface area contributed by atoms with Gasteiger partial charge in [0.2, 0.25) is 5.91 Å². The first kappa shape index (κ1) is 18.8. The first-order chi connectivity index (χ1) is 11.9. The van der Waals surface area contributed by atoms with Crippen molar-refractivity contribution in [3.05, 3.63) is 58.6 Å². The Balaban J connectivity index is 1.90. The van der Waals surface area contributed by atoms with E-state index in [1.165, 1.54) is 0 Å². The van der Waals surface area contributed by atoms with Gasteiger partial charge in [-0.3, -0.25) is 9.59 Å². The number of halogens is 1. The van der Waals surface area contributed by atoms with Crippen LogP contribution < -0.4 is 15.5 Å². The monoisotopic (exact) mass is 359 g/mol. The Hall–Kier alpha value is -2.53. The first-order valence-electron chi connectivity index (χ1n) is 7.99. The highest BCUT2D eigenvalue weighted by Crippen LogP contribution is 2.27. The van der Waals surface area contributed by atoms with Gasteiger partial charge >= 0.3 is 0 Å². The molecule has 2 amide bonds. The highest BCUT2D eigenvalue weighted by atomic mass is 35.5. The van der Waals surface area contributed by atoms with Crippen LogP contribution in [0.4, 0.5) is 11.4 Å². The SMILES string of the molecule is Cc1ccccc1C(=O)NCCC(=O)Nc1cc(Cl)ccc1N(C)C. The Morgan fingerprint density at radius 1 is 1.12 bits per heavy atom. The Labute approximate surface area is 153 Å². The van der Waals surface area contributed by atoms with Crippen molar-refractivity contribution in [3.63, 3.8) is 0 Å². The predicted molar refractivity (Wildman–Crippen MR) is 103 cm³/mol. The second-order valence-corrected chi connectivity index (χ2v) is 6.36. The zero-order valence-electron chi connectivity index (χ0n) is 14.6. The molecule has 132 valence electrons. The van der Waals surface area contributed by atoms with Crippen molar-refractivity contribution < 1.29 is 9.59 Å². The molecule has 0 radical (unpaired) electrons. The lowest BCUT2D eigenvalue weighted by Crippen LogP contribution is -2.28. The normalized spacial score (nSPS) is 10.2. The van der Waals surface area contributed by atoms with Gasteiger partial charge in [-0.25, -0.2) is 0 Å². The number of benzene rings is 2. The number of rotatable bonds is 6. The van der Waals surface area contributed by atoms with Crippen LogP contribution in [0, 0.1) is 6.92 Å². The molecule has 2 rings (SSSR count). The van der Waals surface area contributed by atoms with E-state index in [0.717, 1.165) is 11.3 Å². The molecule has 0 bridgehead atoms. The highest BCUT2D eigenvalue weighted by Gasteiger charge is 2.11. The zero-order valence-corrected chi connectivity index (χ0v) is 15.4. The summed E-state index contributed by atoms with van der Waals surface area (Å²) in [6, 6.07) is 12.7. The molecule has 6 heteroatoms. The maximum absolute atomic E-state index is 12.2. The Bertz CT molecular complexity index is 775. The smallest absolute Gasteiger partial charge is 0.251 e. The number of nitrogens with one attached hydrogen (secondary N) is 2. The van der Waals surface area contributed by atoms with Gasteiger partial charge in [0, 0.05) is 37.6 Å². The summed E-state index contributed by atoms with van der Waals surface area (Å²) in [6.45, 7) is 2.14. The van der Waals surface area contributed by atoms with Crippen LogP contribution in [0.1, 0.15) is 22.3 Å². The minimum Gasteiger partial charge on any atom is -0.376 e. The van der Waals surface area contributed by atoms with Crippen LogP contribution in [-0.2, 0) is 4.79 Å². The third-order valence-electron chi connectivity index (χ3n) is 3.74. The number of anilines is 2. The number of nitrogens with zero attached hydrogens (tertiary/aromatic N) is 1. The summed E-state index contributed by atoms with van der Waals surface area (Å²) in [5, 5.41) is 6.16. The van der Waals surface area contributed by atoms with E-state index in [1.54, 1.807) is 18.2 Å². The number of hydrogen-bond acceptors (Lipinski definition) is 3. The molecule has 0 saturated carbocycles. The topological polar surface area (TPSA) is 61.4 Å². The molecule has 0 fully saturated rings. The molecule has 2 N–H and O–H groups in total. The molecule has 0 atom stereocenters. The van der Waals surface area contributed by atoms with E-state index in [-0.39, 0.29) is 24.8 Å². The van der Waals surface area contributed by atoms with Crippen LogP contribution in [0.3, 0.4) is 0 Å². The van der Waals surface area contributed by atoms with Crippen molar-refractivity contribution in [2.75, 3.05) is 30.9 Å². The third-order valence-corrected chi connectivity index (χ3v) is 3.98. The summed E-state index contributed by atoms with van der Waals surface area (Å²) in [5.74, 6) is -0.363. The molecule has 0 unspecified atom stereocenters. The van der Waals surface area contributed by atoms with Crippen molar-refractivity contribution in [2.24, 2.45) is 0 Å². The molecule has 0 spiro atoms. The fourth-order valence-corrected chi connectivity index (χ4v) is 2.60. The number of carbonyl (C=O) groups is 2. The van der Waals surface area contributed by atoms with Gasteiger partial charge in [-0.1, -0.05) is 29.8 Å². The van der Waals surface area contributed by atoms with Crippen molar-refractivity contribution in [1.29, 1.82) is 0 Å². The molecule has 0 aliphatic rings. The highest BCUT2D eigenvalue weighted by molar-refractivity contribution is 6.31. The molecular formula is C19H22ClN3O2. The lowest BCUT2D eigenvalue weighted by molar-refractivity contribution is -0.116. The van der Waals surface area contributed by atoms with Crippen molar-refractivity contribution in [1.82, 2.24) is 5.32 Å². The fraction of sp³-hybridized carbons (Fsp3) is 0.263. The van der Waals surface area contributed by atoms with Crippen molar-refractivity contribution in [3.8, 4) is 0 Å². The molecule has 2 aromatic carbocycles. The average Bonchev–Trinajstić information content (AvgIpc) is 2.54. The van der Waals surface area contributed by atoms with Crippen LogP contribution in [-0.4, -0.2) is 32.5 Å². The van der Waals surface area contributed by atoms with E-state index in [0.29, 0.717) is 16.3 Å². The lowest BCUT2D eigenvalue weighted by Gasteiger charge is -2.18. The van der Waals surface area contributed by atoms with Gasteiger partial charge in [-0.2, -0.15) is 0 Å². The molecule has 0 aliphatic carbocycles. The van der Waals surface area contributed by atoms with E-state index in [2.05, 4.69) is 10.6 Å². The van der Waals surface area contributed by atoms with Crippen LogP contribution >= 0.6 is 11.6 Å². The standard InChI is InChI=1S/C19H22ClN3O2/c1-13-6-4-5-7-15(13)19(25)21-11-10-18(24)22-16-12-14(20)8-9-17(16)23(2)3/h4-9,12H,10-11H2,1-3H3,(H,21,25)(H,22,24). The van der Waals surface area contributed by atoms with Crippen LogP contribution in [0.15, 0.2) is 42.5 Å². The fourth-order valence-electron chi connectivity index (χ4n) is 2.42. The van der Waals surface area contributed by atoms with Gasteiger partial charge in [0.05, 0.1) is 11.4 Å². The first-order valence-corrected chi connectivity index (χ1v) is 8.37. The van der Waals surface area contributed by atoms with E-state index in [1.807, 2.05) is 50.2 Å². The molecule has 0 saturated heterocycles. The largest absolute Gasteiger partial charge is 0.376 e. The summed E-state index contributed by atoms with van der Waals surface area (Å²) in [7, 11) is 3.78. The number of carbonyl (C=O) groups excluding carboxylic acids is 2. The molecular weight excluding hydrogens is 338 g/mol. The molecule has 25 heavy (non-hydrogen) atoms. The van der Waals surface area contributed by atoms with Gasteiger partial charge in [-0.15, -0.1) is 0 Å². The summed E-state index contributed by atoms with van der Waals surface area (Å²) < 4.78 is 0. The molecule has 5 nitrogen and oxygen atoms in total. The zero-order chi connectivity index (χ0) is 18.4. The Kier molecular flexibility index (Phi) is 6.42. The van der Waals surface area contributed by atoms with Crippen molar-refractivity contribution in [2.45, 2.75) is 13.3 Å². The predicted octanol–water partition coefficient (Wildman–Crippen LogP) is 3.47. The Morgan fingerprint density at radius 2 is 1.84 bits per heavy atom.